The fourth-order valence-corrected chi connectivity index (χ4v) is 2.68. The number of carboxylic acids is 2. The van der Waals surface area contributed by atoms with Gasteiger partial charge in [0.25, 0.3) is 0 Å². The molecular formula is C11H18Br2O4. The molecule has 2 unspecified atom stereocenters. The molecule has 0 rings (SSSR count). The molecule has 2 atom stereocenters. The third-order valence-electron chi connectivity index (χ3n) is 2.75. The minimum atomic E-state index is -1.43. The Labute approximate surface area is 118 Å². The van der Waals surface area contributed by atoms with Gasteiger partial charge >= 0.3 is 11.9 Å². The summed E-state index contributed by atoms with van der Waals surface area (Å²) in [5.41, 5.74) is 0. The molecule has 0 aliphatic carbocycles. The van der Waals surface area contributed by atoms with Crippen LogP contribution in [0.3, 0.4) is 0 Å². The predicted octanol–water partition coefficient (Wildman–Crippen LogP) is 3.27. The molecule has 0 aromatic heterocycles. The molecule has 0 aromatic rings. The molecule has 0 amide bonds. The molecule has 0 heterocycles. The summed E-state index contributed by atoms with van der Waals surface area (Å²) >= 11 is 6.13. The van der Waals surface area contributed by atoms with E-state index < -0.39 is 22.2 Å². The van der Waals surface area contributed by atoms with Crippen molar-refractivity contribution in [3.8, 4) is 0 Å². The van der Waals surface area contributed by atoms with Gasteiger partial charge in [-0.15, -0.1) is 0 Å². The van der Waals surface area contributed by atoms with Crippen LogP contribution >= 0.6 is 31.9 Å². The maximum absolute atomic E-state index is 11.2. The van der Waals surface area contributed by atoms with Crippen molar-refractivity contribution < 1.29 is 19.8 Å². The van der Waals surface area contributed by atoms with Crippen LogP contribution in [-0.4, -0.2) is 31.8 Å². The molecular weight excluding hydrogens is 356 g/mol. The van der Waals surface area contributed by atoms with Gasteiger partial charge in [0.1, 0.15) is 4.32 Å². The minimum absolute atomic E-state index is 0.0695. The maximum Gasteiger partial charge on any atom is 0.322 e. The van der Waals surface area contributed by atoms with Gasteiger partial charge in [0.05, 0.1) is 5.92 Å². The minimum Gasteiger partial charge on any atom is -0.481 e. The Hall–Kier alpha value is -0.100. The summed E-state index contributed by atoms with van der Waals surface area (Å²) < 4.78 is -1.43. The van der Waals surface area contributed by atoms with E-state index in [1.807, 2.05) is 0 Å². The summed E-state index contributed by atoms with van der Waals surface area (Å²) in [6.07, 6.45) is 4.15. The number of halogens is 2. The fraction of sp³-hybridized carbons (Fsp3) is 0.818. The van der Waals surface area contributed by atoms with Gasteiger partial charge in [0.2, 0.25) is 0 Å². The third-order valence-corrected chi connectivity index (χ3v) is 5.56. The number of aliphatic carboxylic acids is 2. The molecule has 0 aliphatic rings. The van der Waals surface area contributed by atoms with E-state index in [2.05, 4.69) is 38.8 Å². The largest absolute Gasteiger partial charge is 0.481 e. The van der Waals surface area contributed by atoms with Crippen molar-refractivity contribution in [1.82, 2.24) is 0 Å². The van der Waals surface area contributed by atoms with Crippen molar-refractivity contribution in [3.05, 3.63) is 0 Å². The Bertz CT molecular complexity index is 270. The van der Waals surface area contributed by atoms with Gasteiger partial charge in [-0.2, -0.15) is 0 Å². The van der Waals surface area contributed by atoms with Gasteiger partial charge in [0, 0.05) is 5.33 Å². The molecule has 0 aliphatic heterocycles. The first kappa shape index (κ1) is 16.9. The van der Waals surface area contributed by atoms with E-state index in [1.54, 1.807) is 0 Å². The Morgan fingerprint density at radius 2 is 1.82 bits per heavy atom. The fourth-order valence-electron chi connectivity index (χ4n) is 1.62. The molecule has 0 radical (unpaired) electrons. The van der Waals surface area contributed by atoms with Crippen molar-refractivity contribution in [2.75, 3.05) is 5.33 Å². The number of hydrogen-bond acceptors (Lipinski definition) is 2. The summed E-state index contributed by atoms with van der Waals surface area (Å²) in [7, 11) is 0. The number of unbranched alkanes of at least 4 members (excludes halogenated alkanes) is 3. The van der Waals surface area contributed by atoms with Gasteiger partial charge in [-0.3, -0.25) is 9.59 Å². The van der Waals surface area contributed by atoms with Gasteiger partial charge in [0.15, 0.2) is 0 Å². The zero-order valence-electron chi connectivity index (χ0n) is 9.79. The molecule has 4 nitrogen and oxygen atoms in total. The standard InChI is InChI=1S/C11H18Br2O4/c1-2-3-4-5-6-8(9(14)15)11(13,7-12)10(16)17/h8H,2-7H2,1H3,(H,14,15)(H,16,17). The summed E-state index contributed by atoms with van der Waals surface area (Å²) in [4.78, 5) is 22.3. The van der Waals surface area contributed by atoms with Crippen LogP contribution in [0.2, 0.25) is 0 Å². The Kier molecular flexibility index (Phi) is 8.03. The number of hydrogen-bond donors (Lipinski definition) is 2. The quantitative estimate of drug-likeness (QED) is 0.480. The molecule has 0 spiro atoms. The molecule has 0 saturated carbocycles. The highest BCUT2D eigenvalue weighted by molar-refractivity contribution is 9.12. The highest BCUT2D eigenvalue weighted by Gasteiger charge is 2.46. The lowest BCUT2D eigenvalue weighted by Crippen LogP contribution is -2.45. The highest BCUT2D eigenvalue weighted by atomic mass is 79.9. The Morgan fingerprint density at radius 1 is 1.24 bits per heavy atom. The van der Waals surface area contributed by atoms with E-state index >= 15 is 0 Å². The number of rotatable bonds is 9. The zero-order chi connectivity index (χ0) is 13.5. The lowest BCUT2D eigenvalue weighted by atomic mass is 9.88. The van der Waals surface area contributed by atoms with Crippen LogP contribution in [-0.2, 0) is 9.59 Å². The van der Waals surface area contributed by atoms with Gasteiger partial charge in [-0.25, -0.2) is 0 Å². The van der Waals surface area contributed by atoms with Crippen LogP contribution in [0.4, 0.5) is 0 Å². The second-order valence-corrected chi connectivity index (χ2v) is 6.02. The van der Waals surface area contributed by atoms with E-state index in [1.165, 1.54) is 0 Å². The molecule has 0 bridgehead atoms. The molecule has 2 N–H and O–H groups in total. The maximum atomic E-state index is 11.2. The lowest BCUT2D eigenvalue weighted by Gasteiger charge is -2.27. The van der Waals surface area contributed by atoms with Crippen molar-refractivity contribution in [1.29, 1.82) is 0 Å². The molecule has 17 heavy (non-hydrogen) atoms. The van der Waals surface area contributed by atoms with E-state index in [4.69, 9.17) is 10.2 Å². The average Bonchev–Trinajstić information content (AvgIpc) is 2.27. The number of carboxylic acid groups (broad SMARTS) is 2. The molecule has 100 valence electrons. The average molecular weight is 374 g/mol. The summed E-state index contributed by atoms with van der Waals surface area (Å²) in [6.45, 7) is 2.07. The van der Waals surface area contributed by atoms with Crippen molar-refractivity contribution in [2.24, 2.45) is 5.92 Å². The molecule has 0 saturated heterocycles. The van der Waals surface area contributed by atoms with Crippen molar-refractivity contribution in [3.63, 3.8) is 0 Å². The first-order chi connectivity index (χ1) is 7.90. The number of alkyl halides is 2. The summed E-state index contributed by atoms with van der Waals surface area (Å²) in [5, 5.41) is 18.3. The van der Waals surface area contributed by atoms with Crippen LogP contribution in [0.5, 0.6) is 0 Å². The Balaban J connectivity index is 4.60. The van der Waals surface area contributed by atoms with Gasteiger partial charge < -0.3 is 10.2 Å². The topological polar surface area (TPSA) is 74.6 Å². The van der Waals surface area contributed by atoms with E-state index in [9.17, 15) is 9.59 Å². The van der Waals surface area contributed by atoms with Gasteiger partial charge in [-0.05, 0) is 6.42 Å². The SMILES string of the molecule is CCCCCCC(C(=O)O)C(Br)(CBr)C(=O)O. The highest BCUT2D eigenvalue weighted by Crippen LogP contribution is 2.34. The van der Waals surface area contributed by atoms with E-state index in [0.29, 0.717) is 6.42 Å². The van der Waals surface area contributed by atoms with Gasteiger partial charge in [-0.1, -0.05) is 64.5 Å². The van der Waals surface area contributed by atoms with Crippen molar-refractivity contribution >= 4 is 43.8 Å². The van der Waals surface area contributed by atoms with Crippen LogP contribution < -0.4 is 0 Å². The smallest absolute Gasteiger partial charge is 0.322 e. The summed E-state index contributed by atoms with van der Waals surface area (Å²) in [6, 6.07) is 0. The zero-order valence-corrected chi connectivity index (χ0v) is 13.0. The lowest BCUT2D eigenvalue weighted by molar-refractivity contribution is -0.150. The third kappa shape index (κ3) is 4.95. The van der Waals surface area contributed by atoms with Crippen LogP contribution in [0.15, 0.2) is 0 Å². The normalized spacial score (nSPS) is 16.2. The van der Waals surface area contributed by atoms with Crippen LogP contribution in [0.25, 0.3) is 0 Å². The molecule has 0 aromatic carbocycles. The van der Waals surface area contributed by atoms with E-state index in [-0.39, 0.29) is 5.33 Å². The second kappa shape index (κ2) is 8.08. The molecule has 6 heteroatoms. The Morgan fingerprint density at radius 3 is 2.18 bits per heavy atom. The summed E-state index contributed by atoms with van der Waals surface area (Å²) in [5.74, 6) is -3.13. The van der Waals surface area contributed by atoms with Crippen LogP contribution in [0.1, 0.15) is 39.0 Å². The van der Waals surface area contributed by atoms with E-state index in [0.717, 1.165) is 25.7 Å². The molecule has 0 fully saturated rings. The predicted molar refractivity (Wildman–Crippen MR) is 73.0 cm³/mol. The van der Waals surface area contributed by atoms with Crippen molar-refractivity contribution in [2.45, 2.75) is 43.4 Å². The van der Waals surface area contributed by atoms with Crippen LogP contribution in [0, 0.1) is 5.92 Å². The first-order valence-electron chi connectivity index (χ1n) is 5.61. The monoisotopic (exact) mass is 372 g/mol. The number of carbonyl (C=O) groups is 2. The second-order valence-electron chi connectivity index (χ2n) is 4.04. The first-order valence-corrected chi connectivity index (χ1v) is 7.52.